The third kappa shape index (κ3) is 4.32. The Balaban J connectivity index is 2.29. The van der Waals surface area contributed by atoms with E-state index in [0.29, 0.717) is 48.6 Å². The lowest BCUT2D eigenvalue weighted by Crippen LogP contribution is -2.24. The Labute approximate surface area is 148 Å². The molecule has 6 heteroatoms. The zero-order chi connectivity index (χ0) is 18.4. The number of ketones is 1. The van der Waals surface area contributed by atoms with Crippen LogP contribution in [-0.2, 0) is 9.63 Å². The summed E-state index contributed by atoms with van der Waals surface area (Å²) in [5.74, 6) is 0.442. The summed E-state index contributed by atoms with van der Waals surface area (Å²) in [5.41, 5.74) is 8.23. The molecule has 1 atom stereocenters. The van der Waals surface area contributed by atoms with Crippen molar-refractivity contribution in [3.8, 4) is 5.75 Å². The smallest absolute Gasteiger partial charge is 0.168 e. The number of rotatable bonds is 7. The zero-order valence-corrected chi connectivity index (χ0v) is 15.0. The molecule has 1 aliphatic rings. The molecule has 0 aliphatic heterocycles. The Morgan fingerprint density at radius 1 is 1.36 bits per heavy atom. The van der Waals surface area contributed by atoms with Crippen LogP contribution < -0.4 is 10.5 Å². The number of ether oxygens (including phenoxy) is 1. The normalized spacial score (nSPS) is 18.4. The first-order valence-corrected chi connectivity index (χ1v) is 8.59. The molecule has 6 nitrogen and oxygen atoms in total. The summed E-state index contributed by atoms with van der Waals surface area (Å²) >= 11 is 0. The van der Waals surface area contributed by atoms with Crippen molar-refractivity contribution in [2.45, 2.75) is 45.4 Å². The van der Waals surface area contributed by atoms with E-state index in [0.717, 1.165) is 12.0 Å². The number of Topliss-reactive ketones (excluding diaryl/α,β-unsaturated/α-hetero) is 1. The number of benzene rings is 1. The highest BCUT2D eigenvalue weighted by atomic mass is 16.6. The number of oxime groups is 1. The molecule has 0 radical (unpaired) electrons. The number of aliphatic hydroxyl groups excluding tert-OH is 1. The van der Waals surface area contributed by atoms with Crippen LogP contribution >= 0.6 is 0 Å². The summed E-state index contributed by atoms with van der Waals surface area (Å²) in [6.07, 6.45) is 2.08. The number of nitrogen functional groups attached to an aromatic ring is 1. The van der Waals surface area contributed by atoms with Crippen LogP contribution in [0.3, 0.4) is 0 Å². The van der Waals surface area contributed by atoms with Gasteiger partial charge in [-0.2, -0.15) is 0 Å². The third-order valence-electron chi connectivity index (χ3n) is 4.24. The summed E-state index contributed by atoms with van der Waals surface area (Å²) in [7, 11) is 1.56. The standard InChI is InChI=1S/C19H26N2O4/c1-4-6-15(21-25-5-2)19-16(22)10-13(11-17(19)23)12-7-8-18(24-3)14(20)9-12/h7-9,13,22H,4-6,10-11,20H2,1-3H3/b21-15+. The van der Waals surface area contributed by atoms with Gasteiger partial charge in [-0.1, -0.05) is 24.6 Å². The minimum atomic E-state index is -0.116. The summed E-state index contributed by atoms with van der Waals surface area (Å²) in [5, 5.41) is 14.5. The Hall–Kier alpha value is -2.50. The fraction of sp³-hybridized carbons (Fsp3) is 0.474. The monoisotopic (exact) mass is 346 g/mol. The Morgan fingerprint density at radius 2 is 2.12 bits per heavy atom. The molecule has 1 aliphatic carbocycles. The maximum Gasteiger partial charge on any atom is 0.168 e. The zero-order valence-electron chi connectivity index (χ0n) is 15.0. The lowest BCUT2D eigenvalue weighted by Gasteiger charge is -2.24. The second-order valence-corrected chi connectivity index (χ2v) is 6.06. The lowest BCUT2D eigenvalue weighted by molar-refractivity contribution is -0.116. The van der Waals surface area contributed by atoms with Gasteiger partial charge in [0.05, 0.1) is 24.1 Å². The van der Waals surface area contributed by atoms with Gasteiger partial charge in [0.1, 0.15) is 18.1 Å². The highest BCUT2D eigenvalue weighted by Crippen LogP contribution is 2.36. The molecule has 1 aromatic carbocycles. The molecule has 0 heterocycles. The number of allylic oxidation sites excluding steroid dienone is 2. The minimum Gasteiger partial charge on any atom is -0.511 e. The van der Waals surface area contributed by atoms with Gasteiger partial charge in [0.2, 0.25) is 0 Å². The Kier molecular flexibility index (Phi) is 6.44. The van der Waals surface area contributed by atoms with Crippen LogP contribution in [0.4, 0.5) is 5.69 Å². The summed E-state index contributed by atoms with van der Waals surface area (Å²) in [6.45, 7) is 4.24. The van der Waals surface area contributed by atoms with Crippen LogP contribution in [0.2, 0.25) is 0 Å². The molecule has 0 fully saturated rings. The van der Waals surface area contributed by atoms with Crippen LogP contribution in [0.25, 0.3) is 0 Å². The fourth-order valence-electron chi connectivity index (χ4n) is 3.06. The van der Waals surface area contributed by atoms with Crippen molar-refractivity contribution >= 4 is 17.2 Å². The number of hydrogen-bond acceptors (Lipinski definition) is 6. The summed E-state index contributed by atoms with van der Waals surface area (Å²) in [6, 6.07) is 5.47. The molecule has 3 N–H and O–H groups in total. The Morgan fingerprint density at radius 3 is 2.68 bits per heavy atom. The number of carbonyl (C=O) groups is 1. The van der Waals surface area contributed by atoms with Crippen molar-refractivity contribution in [3.05, 3.63) is 35.1 Å². The quantitative estimate of drug-likeness (QED) is 0.446. The molecule has 1 aromatic rings. The van der Waals surface area contributed by atoms with Crippen molar-refractivity contribution in [2.24, 2.45) is 5.16 Å². The van der Waals surface area contributed by atoms with E-state index < -0.39 is 0 Å². The van der Waals surface area contributed by atoms with Crippen molar-refractivity contribution < 1.29 is 19.5 Å². The summed E-state index contributed by atoms with van der Waals surface area (Å²) < 4.78 is 5.16. The van der Waals surface area contributed by atoms with Crippen LogP contribution in [0, 0.1) is 0 Å². The van der Waals surface area contributed by atoms with E-state index in [1.54, 1.807) is 19.2 Å². The van der Waals surface area contributed by atoms with Crippen LogP contribution in [0.15, 0.2) is 34.7 Å². The molecule has 0 aromatic heterocycles. The van der Waals surface area contributed by atoms with Gasteiger partial charge >= 0.3 is 0 Å². The van der Waals surface area contributed by atoms with Gasteiger partial charge in [0, 0.05) is 12.8 Å². The molecule has 0 bridgehead atoms. The molecular formula is C19H26N2O4. The second-order valence-electron chi connectivity index (χ2n) is 6.06. The van der Waals surface area contributed by atoms with Crippen LogP contribution in [0.1, 0.15) is 51.0 Å². The van der Waals surface area contributed by atoms with E-state index in [2.05, 4.69) is 5.16 Å². The molecule has 136 valence electrons. The van der Waals surface area contributed by atoms with E-state index in [1.807, 2.05) is 19.9 Å². The molecule has 0 spiro atoms. The predicted octanol–water partition coefficient (Wildman–Crippen LogP) is 3.73. The average molecular weight is 346 g/mol. The second kappa shape index (κ2) is 8.55. The van der Waals surface area contributed by atoms with Crippen molar-refractivity contribution in [3.63, 3.8) is 0 Å². The van der Waals surface area contributed by atoms with Crippen LogP contribution in [0.5, 0.6) is 5.75 Å². The van der Waals surface area contributed by atoms with Crippen molar-refractivity contribution in [1.82, 2.24) is 0 Å². The maximum absolute atomic E-state index is 12.7. The molecular weight excluding hydrogens is 320 g/mol. The first-order chi connectivity index (χ1) is 12.0. The maximum atomic E-state index is 12.7. The number of hydrogen-bond donors (Lipinski definition) is 2. The van der Waals surface area contributed by atoms with Crippen LogP contribution in [-0.4, -0.2) is 30.3 Å². The third-order valence-corrected chi connectivity index (χ3v) is 4.24. The van der Waals surface area contributed by atoms with Gasteiger partial charge in [-0.25, -0.2) is 0 Å². The van der Waals surface area contributed by atoms with Crippen molar-refractivity contribution in [1.29, 1.82) is 0 Å². The molecule has 25 heavy (non-hydrogen) atoms. The minimum absolute atomic E-state index is 0.0718. The predicted molar refractivity (Wildman–Crippen MR) is 98.0 cm³/mol. The highest BCUT2D eigenvalue weighted by molar-refractivity contribution is 6.23. The largest absolute Gasteiger partial charge is 0.511 e. The fourth-order valence-corrected chi connectivity index (χ4v) is 3.06. The molecule has 0 amide bonds. The lowest BCUT2D eigenvalue weighted by atomic mass is 9.80. The van der Waals surface area contributed by atoms with Crippen molar-refractivity contribution in [2.75, 3.05) is 19.5 Å². The van der Waals surface area contributed by atoms with Gasteiger partial charge in [0.25, 0.3) is 0 Å². The summed E-state index contributed by atoms with van der Waals surface area (Å²) in [4.78, 5) is 17.8. The average Bonchev–Trinajstić information content (AvgIpc) is 2.58. The van der Waals surface area contributed by atoms with Gasteiger partial charge in [-0.3, -0.25) is 4.79 Å². The van der Waals surface area contributed by atoms with E-state index in [1.165, 1.54) is 0 Å². The van der Waals surface area contributed by atoms with E-state index in [-0.39, 0.29) is 17.5 Å². The molecule has 1 unspecified atom stereocenters. The number of aliphatic hydroxyl groups is 1. The first-order valence-electron chi connectivity index (χ1n) is 8.59. The van der Waals surface area contributed by atoms with E-state index in [4.69, 9.17) is 15.3 Å². The van der Waals surface area contributed by atoms with E-state index in [9.17, 15) is 9.90 Å². The highest BCUT2D eigenvalue weighted by Gasteiger charge is 2.31. The SMILES string of the molecule is CCC/C(=N\OCC)C1=C(O)CC(c2ccc(OC)c(N)c2)CC1=O. The molecule has 0 saturated heterocycles. The van der Waals surface area contributed by atoms with Gasteiger partial charge in [0.15, 0.2) is 5.78 Å². The van der Waals surface area contributed by atoms with E-state index >= 15 is 0 Å². The van der Waals surface area contributed by atoms with Gasteiger partial charge in [-0.15, -0.1) is 0 Å². The number of methoxy groups -OCH3 is 1. The number of carbonyl (C=O) groups excluding carboxylic acids is 1. The van der Waals surface area contributed by atoms with Gasteiger partial charge in [-0.05, 0) is 37.0 Å². The Bertz CT molecular complexity index is 695. The first kappa shape index (κ1) is 18.8. The number of nitrogens with two attached hydrogens (primary N) is 1. The van der Waals surface area contributed by atoms with Gasteiger partial charge < -0.3 is 20.4 Å². The molecule has 2 rings (SSSR count). The topological polar surface area (TPSA) is 94.1 Å². The molecule has 0 saturated carbocycles. The number of anilines is 1. The number of nitrogens with zero attached hydrogens (tertiary/aromatic N) is 1.